The maximum Gasteiger partial charge on any atom is 0.253 e. The third-order valence-electron chi connectivity index (χ3n) is 5.04. The molecule has 1 N–H and O–H groups in total. The maximum atomic E-state index is 12.7. The van der Waals surface area contributed by atoms with Crippen molar-refractivity contribution in [3.8, 4) is 5.75 Å². The van der Waals surface area contributed by atoms with Gasteiger partial charge in [0.15, 0.2) is 0 Å². The highest BCUT2D eigenvalue weighted by Crippen LogP contribution is 2.33. The molecule has 1 fully saturated rings. The van der Waals surface area contributed by atoms with Crippen molar-refractivity contribution in [2.45, 2.75) is 18.8 Å². The number of aromatic amines is 1. The fourth-order valence-electron chi connectivity index (χ4n) is 3.62. The Balaban J connectivity index is 1.44. The van der Waals surface area contributed by atoms with Gasteiger partial charge < -0.3 is 14.6 Å². The van der Waals surface area contributed by atoms with E-state index in [2.05, 4.69) is 22.2 Å². The number of H-pyrrole nitrogens is 1. The van der Waals surface area contributed by atoms with Crippen molar-refractivity contribution in [3.05, 3.63) is 59.9 Å². The minimum absolute atomic E-state index is 0.0988. The lowest BCUT2D eigenvalue weighted by atomic mass is 9.89. The minimum Gasteiger partial charge on any atom is -0.497 e. The van der Waals surface area contributed by atoms with Gasteiger partial charge in [-0.1, -0.05) is 0 Å². The summed E-state index contributed by atoms with van der Waals surface area (Å²) >= 11 is 0. The topological polar surface area (TPSA) is 58.2 Å². The fourth-order valence-corrected chi connectivity index (χ4v) is 3.62. The molecule has 25 heavy (non-hydrogen) atoms. The summed E-state index contributed by atoms with van der Waals surface area (Å²) in [5.74, 6) is 1.34. The van der Waals surface area contributed by atoms with Crippen molar-refractivity contribution in [3.63, 3.8) is 0 Å². The Morgan fingerprint density at radius 2 is 1.96 bits per heavy atom. The van der Waals surface area contributed by atoms with Crippen LogP contribution in [0.4, 0.5) is 0 Å². The van der Waals surface area contributed by atoms with Gasteiger partial charge in [0.2, 0.25) is 0 Å². The molecule has 0 unspecified atom stereocenters. The molecule has 0 aliphatic carbocycles. The molecule has 0 radical (unpaired) electrons. The standard InChI is InChI=1S/C20H21N3O2/c1-25-16-6-4-15(5-7-16)20(24)23-11-8-14(9-12-23)18-13-22-19-17(18)3-2-10-21-19/h2-7,10,13-14H,8-9,11-12H2,1H3,(H,21,22). The number of nitrogens with zero attached hydrogens (tertiary/aromatic N) is 2. The van der Waals surface area contributed by atoms with Crippen LogP contribution in [-0.2, 0) is 0 Å². The number of carbonyl (C=O) groups is 1. The number of hydrogen-bond acceptors (Lipinski definition) is 3. The van der Waals surface area contributed by atoms with Crippen molar-refractivity contribution in [1.82, 2.24) is 14.9 Å². The summed E-state index contributed by atoms with van der Waals surface area (Å²) in [7, 11) is 1.63. The first-order valence-electron chi connectivity index (χ1n) is 8.61. The lowest BCUT2D eigenvalue weighted by molar-refractivity contribution is 0.0713. The Morgan fingerprint density at radius 1 is 1.20 bits per heavy atom. The third kappa shape index (κ3) is 2.97. The number of amides is 1. The molecule has 0 saturated carbocycles. The number of likely N-dealkylation sites (tertiary alicyclic amines) is 1. The second kappa shape index (κ2) is 6.59. The lowest BCUT2D eigenvalue weighted by Crippen LogP contribution is -2.37. The number of carbonyl (C=O) groups excluding carboxylic acids is 1. The Morgan fingerprint density at radius 3 is 2.68 bits per heavy atom. The van der Waals surface area contributed by atoms with Crippen molar-refractivity contribution in [2.24, 2.45) is 0 Å². The van der Waals surface area contributed by atoms with Crippen molar-refractivity contribution >= 4 is 16.9 Å². The highest BCUT2D eigenvalue weighted by Gasteiger charge is 2.26. The Bertz CT molecular complexity index is 877. The molecule has 4 rings (SSSR count). The van der Waals surface area contributed by atoms with Crippen LogP contribution in [0.1, 0.15) is 34.7 Å². The monoisotopic (exact) mass is 335 g/mol. The molecule has 1 aliphatic heterocycles. The largest absolute Gasteiger partial charge is 0.497 e. The maximum absolute atomic E-state index is 12.7. The molecule has 0 spiro atoms. The van der Waals surface area contributed by atoms with Crippen LogP contribution in [0.15, 0.2) is 48.8 Å². The van der Waals surface area contributed by atoms with E-state index in [1.807, 2.05) is 35.2 Å². The SMILES string of the molecule is COc1ccc(C(=O)N2CCC(c3c[nH]c4ncccc34)CC2)cc1. The summed E-state index contributed by atoms with van der Waals surface area (Å²) in [5, 5.41) is 1.20. The first-order chi connectivity index (χ1) is 12.3. The van der Waals surface area contributed by atoms with Crippen LogP contribution in [0.2, 0.25) is 0 Å². The zero-order valence-electron chi connectivity index (χ0n) is 14.2. The number of ether oxygens (including phenoxy) is 1. The van der Waals surface area contributed by atoms with Gasteiger partial charge in [-0.2, -0.15) is 0 Å². The number of benzene rings is 1. The van der Waals surface area contributed by atoms with Gasteiger partial charge in [-0.25, -0.2) is 4.98 Å². The first kappa shape index (κ1) is 15.7. The predicted molar refractivity (Wildman–Crippen MR) is 97.0 cm³/mol. The molecule has 3 heterocycles. The summed E-state index contributed by atoms with van der Waals surface area (Å²) in [4.78, 5) is 22.2. The Labute approximate surface area is 146 Å². The smallest absolute Gasteiger partial charge is 0.253 e. The van der Waals surface area contributed by atoms with Crippen molar-refractivity contribution < 1.29 is 9.53 Å². The number of rotatable bonds is 3. The van der Waals surface area contributed by atoms with Gasteiger partial charge in [-0.15, -0.1) is 0 Å². The molecule has 5 nitrogen and oxygen atoms in total. The molecule has 3 aromatic rings. The fraction of sp³-hybridized carbons (Fsp3) is 0.300. The molecule has 2 aromatic heterocycles. The summed E-state index contributed by atoms with van der Waals surface area (Å²) in [6.07, 6.45) is 5.83. The van der Waals surface area contributed by atoms with Gasteiger partial charge >= 0.3 is 0 Å². The quantitative estimate of drug-likeness (QED) is 0.796. The van der Waals surface area contributed by atoms with Crippen LogP contribution >= 0.6 is 0 Å². The van der Waals surface area contributed by atoms with E-state index in [-0.39, 0.29) is 5.91 Å². The van der Waals surface area contributed by atoms with Gasteiger partial charge in [0.1, 0.15) is 11.4 Å². The highest BCUT2D eigenvalue weighted by molar-refractivity contribution is 5.94. The summed E-state index contributed by atoms with van der Waals surface area (Å²) in [6.45, 7) is 1.56. The van der Waals surface area contributed by atoms with E-state index in [1.54, 1.807) is 13.3 Å². The average Bonchev–Trinajstić information content (AvgIpc) is 3.12. The number of methoxy groups -OCH3 is 1. The first-order valence-corrected chi connectivity index (χ1v) is 8.61. The third-order valence-corrected chi connectivity index (χ3v) is 5.04. The van der Waals surface area contributed by atoms with Crippen molar-refractivity contribution in [1.29, 1.82) is 0 Å². The molecule has 1 amide bonds. The number of aromatic nitrogens is 2. The second-order valence-electron chi connectivity index (χ2n) is 6.44. The van der Waals surface area contributed by atoms with E-state index < -0.39 is 0 Å². The second-order valence-corrected chi connectivity index (χ2v) is 6.44. The zero-order chi connectivity index (χ0) is 17.2. The van der Waals surface area contributed by atoms with Crippen molar-refractivity contribution in [2.75, 3.05) is 20.2 Å². The molecular weight excluding hydrogens is 314 g/mol. The lowest BCUT2D eigenvalue weighted by Gasteiger charge is -2.32. The van der Waals surface area contributed by atoms with E-state index in [4.69, 9.17) is 4.74 Å². The average molecular weight is 335 g/mol. The number of nitrogens with one attached hydrogen (secondary N) is 1. The van der Waals surface area contributed by atoms with Crippen LogP contribution in [0.5, 0.6) is 5.75 Å². The zero-order valence-corrected chi connectivity index (χ0v) is 14.2. The van der Waals surface area contributed by atoms with Gasteiger partial charge in [0.25, 0.3) is 5.91 Å². The van der Waals surface area contributed by atoms with E-state index in [0.717, 1.165) is 42.9 Å². The van der Waals surface area contributed by atoms with Crippen LogP contribution in [0.25, 0.3) is 11.0 Å². The van der Waals surface area contributed by atoms with E-state index in [1.165, 1.54) is 10.9 Å². The number of fused-ring (bicyclic) bond motifs is 1. The van der Waals surface area contributed by atoms with Gasteiger partial charge in [-0.05, 0) is 60.7 Å². The van der Waals surface area contributed by atoms with E-state index in [0.29, 0.717) is 5.92 Å². The van der Waals surface area contributed by atoms with Crippen LogP contribution < -0.4 is 4.74 Å². The van der Waals surface area contributed by atoms with Crippen LogP contribution in [-0.4, -0.2) is 41.0 Å². The Kier molecular flexibility index (Phi) is 4.14. The Hall–Kier alpha value is -2.82. The molecule has 5 heteroatoms. The summed E-state index contributed by atoms with van der Waals surface area (Å²) < 4.78 is 5.15. The molecule has 1 aliphatic rings. The predicted octanol–water partition coefficient (Wildman–Crippen LogP) is 3.59. The molecule has 0 atom stereocenters. The van der Waals surface area contributed by atoms with Crippen LogP contribution in [0.3, 0.4) is 0 Å². The van der Waals surface area contributed by atoms with Gasteiger partial charge in [0, 0.05) is 36.4 Å². The minimum atomic E-state index is 0.0988. The van der Waals surface area contributed by atoms with Gasteiger partial charge in [0.05, 0.1) is 7.11 Å². The number of pyridine rings is 1. The molecule has 128 valence electrons. The normalized spacial score (nSPS) is 15.5. The number of hydrogen-bond donors (Lipinski definition) is 1. The van der Waals surface area contributed by atoms with Crippen LogP contribution in [0, 0.1) is 0 Å². The summed E-state index contributed by atoms with van der Waals surface area (Å²) in [6, 6.07) is 11.4. The molecule has 1 saturated heterocycles. The summed E-state index contributed by atoms with van der Waals surface area (Å²) in [5.41, 5.74) is 2.98. The molecule has 0 bridgehead atoms. The van der Waals surface area contributed by atoms with E-state index >= 15 is 0 Å². The van der Waals surface area contributed by atoms with Gasteiger partial charge in [-0.3, -0.25) is 4.79 Å². The van der Waals surface area contributed by atoms with E-state index in [9.17, 15) is 4.79 Å². The number of piperidine rings is 1. The molecule has 1 aromatic carbocycles. The highest BCUT2D eigenvalue weighted by atomic mass is 16.5. The molecular formula is C20H21N3O2.